The fourth-order valence-electron chi connectivity index (χ4n) is 4.49. The summed E-state index contributed by atoms with van der Waals surface area (Å²) in [4.78, 5) is 18.8. The molecule has 0 bridgehead atoms. The van der Waals surface area contributed by atoms with Crippen molar-refractivity contribution in [3.8, 4) is 16.9 Å². The van der Waals surface area contributed by atoms with Crippen molar-refractivity contribution in [2.24, 2.45) is 0 Å². The summed E-state index contributed by atoms with van der Waals surface area (Å²) >= 11 is 0. The normalized spacial score (nSPS) is 19.8. The van der Waals surface area contributed by atoms with Gasteiger partial charge in [-0.3, -0.25) is 4.79 Å². The maximum Gasteiger partial charge on any atom is 0.265 e. The quantitative estimate of drug-likeness (QED) is 0.344. The summed E-state index contributed by atoms with van der Waals surface area (Å²) in [5.41, 5.74) is 4.15. The number of hydrogen-bond acceptors (Lipinski definition) is 8. The van der Waals surface area contributed by atoms with Gasteiger partial charge in [0.15, 0.2) is 20.9 Å². The van der Waals surface area contributed by atoms with Gasteiger partial charge in [-0.2, -0.15) is 0 Å². The molecular formula is C27H35NO8S. The van der Waals surface area contributed by atoms with E-state index in [1.165, 1.54) is 0 Å². The van der Waals surface area contributed by atoms with Crippen LogP contribution in [0.25, 0.3) is 11.1 Å². The zero-order valence-electron chi connectivity index (χ0n) is 21.1. The van der Waals surface area contributed by atoms with Crippen LogP contribution in [0.5, 0.6) is 5.75 Å². The van der Waals surface area contributed by atoms with Gasteiger partial charge in [-0.15, -0.1) is 0 Å². The number of nitrogens with one attached hydrogen (secondary N) is 1. The van der Waals surface area contributed by atoms with Crippen molar-refractivity contribution in [3.63, 3.8) is 0 Å². The Bertz CT molecular complexity index is 1110. The second kappa shape index (κ2) is 12.8. The number of carbonyl (C=O) groups excluding carboxylic acids is 1. The summed E-state index contributed by atoms with van der Waals surface area (Å²) < 4.78 is 47.8. The molecule has 2 aliphatic heterocycles. The monoisotopic (exact) mass is 533 g/mol. The predicted molar refractivity (Wildman–Crippen MR) is 137 cm³/mol. The molecule has 2 fully saturated rings. The molecule has 1 atom stereocenters. The van der Waals surface area contributed by atoms with E-state index < -0.39 is 26.8 Å². The Morgan fingerprint density at radius 3 is 2.27 bits per heavy atom. The van der Waals surface area contributed by atoms with Crippen molar-refractivity contribution >= 4 is 15.7 Å². The number of hydroxylamine groups is 1. The van der Waals surface area contributed by atoms with Gasteiger partial charge in [0.1, 0.15) is 12.4 Å². The highest BCUT2D eigenvalue weighted by Gasteiger charge is 2.52. The number of rotatable bonds is 11. The second-order valence-electron chi connectivity index (χ2n) is 9.05. The fourth-order valence-corrected chi connectivity index (χ4v) is 6.43. The minimum absolute atomic E-state index is 0.0442. The molecule has 2 saturated heterocycles. The van der Waals surface area contributed by atoms with Gasteiger partial charge in [-0.25, -0.2) is 18.7 Å². The molecule has 0 spiro atoms. The molecule has 0 saturated carbocycles. The molecule has 2 aromatic carbocycles. The van der Waals surface area contributed by atoms with Crippen LogP contribution in [0.2, 0.25) is 0 Å². The first-order valence-electron chi connectivity index (χ1n) is 12.8. The van der Waals surface area contributed by atoms with E-state index in [2.05, 4.69) is 5.48 Å². The maximum atomic E-state index is 13.8. The van der Waals surface area contributed by atoms with Crippen molar-refractivity contribution in [1.29, 1.82) is 0 Å². The van der Waals surface area contributed by atoms with Crippen LogP contribution in [0.1, 0.15) is 39.0 Å². The Hall–Kier alpha value is -2.50. The molecule has 9 nitrogen and oxygen atoms in total. The van der Waals surface area contributed by atoms with E-state index >= 15 is 0 Å². The number of sulfone groups is 1. The van der Waals surface area contributed by atoms with Crippen LogP contribution in [-0.4, -0.2) is 65.0 Å². The Labute approximate surface area is 218 Å². The van der Waals surface area contributed by atoms with Crippen molar-refractivity contribution in [1.82, 2.24) is 5.48 Å². The van der Waals surface area contributed by atoms with Gasteiger partial charge in [0, 0.05) is 32.8 Å². The summed E-state index contributed by atoms with van der Waals surface area (Å²) in [5.74, 6) is 0.0462. The zero-order chi connectivity index (χ0) is 26.1. The van der Waals surface area contributed by atoms with Gasteiger partial charge >= 0.3 is 0 Å². The van der Waals surface area contributed by atoms with Crippen molar-refractivity contribution in [2.45, 2.75) is 55.0 Å². The van der Waals surface area contributed by atoms with E-state index in [9.17, 15) is 13.2 Å². The summed E-state index contributed by atoms with van der Waals surface area (Å²) in [7, 11) is -4.04. The van der Waals surface area contributed by atoms with Crippen molar-refractivity contribution < 1.29 is 37.0 Å². The largest absolute Gasteiger partial charge is 0.491 e. The molecule has 4 rings (SSSR count). The van der Waals surface area contributed by atoms with Crippen molar-refractivity contribution in [3.05, 3.63) is 48.5 Å². The summed E-state index contributed by atoms with van der Waals surface area (Å²) in [5, 5.41) is 0. The van der Waals surface area contributed by atoms with Crippen molar-refractivity contribution in [2.75, 3.05) is 39.6 Å². The van der Waals surface area contributed by atoms with Gasteiger partial charge in [0.05, 0.1) is 11.5 Å². The summed E-state index contributed by atoms with van der Waals surface area (Å²) in [6, 6.07) is 14.1. The molecule has 0 aliphatic carbocycles. The lowest BCUT2D eigenvalue weighted by Gasteiger charge is -2.35. The number of hydrogen-bond donors (Lipinski definition) is 1. The molecule has 2 aromatic rings. The lowest BCUT2D eigenvalue weighted by atomic mass is 9.98. The van der Waals surface area contributed by atoms with Gasteiger partial charge in [0.2, 0.25) is 0 Å². The number of carbonyl (C=O) groups is 1. The Kier molecular flexibility index (Phi) is 9.55. The van der Waals surface area contributed by atoms with Gasteiger partial charge in [-0.05, 0) is 68.0 Å². The molecule has 0 radical (unpaired) electrons. The van der Waals surface area contributed by atoms with Crippen LogP contribution >= 0.6 is 0 Å². The summed E-state index contributed by atoms with van der Waals surface area (Å²) in [6.07, 6.45) is 2.02. The molecule has 202 valence electrons. The van der Waals surface area contributed by atoms with Gasteiger partial charge in [0.25, 0.3) is 5.91 Å². The van der Waals surface area contributed by atoms with Gasteiger partial charge in [-0.1, -0.05) is 24.3 Å². The SMILES string of the molecule is CCOCCOc1ccc(-c2ccc(S(=O)(=O)C3(C(=O)NOC4CCCCO4)CCOCC3)cc2)cc1. The molecule has 1 amide bonds. The third-order valence-electron chi connectivity index (χ3n) is 6.70. The van der Waals surface area contributed by atoms with E-state index in [0.29, 0.717) is 32.8 Å². The Balaban J connectivity index is 1.47. The topological polar surface area (TPSA) is 109 Å². The smallest absolute Gasteiger partial charge is 0.265 e. The maximum absolute atomic E-state index is 13.8. The Morgan fingerprint density at radius 1 is 0.973 bits per heavy atom. The predicted octanol–water partition coefficient (Wildman–Crippen LogP) is 3.67. The molecule has 0 aromatic heterocycles. The van der Waals surface area contributed by atoms with Crippen LogP contribution in [0.4, 0.5) is 0 Å². The number of ether oxygens (including phenoxy) is 4. The van der Waals surface area contributed by atoms with Crippen LogP contribution in [0.3, 0.4) is 0 Å². The molecule has 2 aliphatic rings. The molecule has 1 N–H and O–H groups in total. The average Bonchev–Trinajstić information content (AvgIpc) is 2.95. The molecule has 37 heavy (non-hydrogen) atoms. The zero-order valence-corrected chi connectivity index (χ0v) is 22.0. The Morgan fingerprint density at radius 2 is 1.65 bits per heavy atom. The number of amides is 1. The summed E-state index contributed by atoms with van der Waals surface area (Å²) in [6.45, 7) is 4.47. The second-order valence-corrected chi connectivity index (χ2v) is 11.3. The lowest BCUT2D eigenvalue weighted by Crippen LogP contribution is -2.56. The minimum atomic E-state index is -4.04. The van der Waals surface area contributed by atoms with E-state index in [1.54, 1.807) is 24.3 Å². The molecule has 1 unspecified atom stereocenters. The highest BCUT2D eigenvalue weighted by molar-refractivity contribution is 7.93. The fraction of sp³-hybridized carbons (Fsp3) is 0.519. The first-order chi connectivity index (χ1) is 18.0. The standard InChI is InChI=1S/C27H35NO8S/c1-2-32-19-20-34-23-10-6-21(7-11-23)22-8-12-24(13-9-22)37(30,31)27(14-17-33-18-15-27)26(29)28-36-25-5-3-4-16-35-25/h6-13,25H,2-5,14-20H2,1H3,(H,28,29). The minimum Gasteiger partial charge on any atom is -0.491 e. The van der Waals surface area contributed by atoms with E-state index in [-0.39, 0.29) is 31.0 Å². The highest BCUT2D eigenvalue weighted by Crippen LogP contribution is 2.36. The molecule has 10 heteroatoms. The van der Waals surface area contributed by atoms with Crippen LogP contribution in [0, 0.1) is 0 Å². The van der Waals surface area contributed by atoms with Crippen LogP contribution in [-0.2, 0) is 33.7 Å². The molecular weight excluding hydrogens is 498 g/mol. The van der Waals surface area contributed by atoms with Gasteiger partial charge < -0.3 is 18.9 Å². The average molecular weight is 534 g/mol. The first kappa shape index (κ1) is 27.5. The number of benzene rings is 2. The van der Waals surface area contributed by atoms with E-state index in [4.69, 9.17) is 23.8 Å². The van der Waals surface area contributed by atoms with E-state index in [0.717, 1.165) is 29.7 Å². The first-order valence-corrected chi connectivity index (χ1v) is 14.3. The van der Waals surface area contributed by atoms with E-state index in [1.807, 2.05) is 31.2 Å². The highest BCUT2D eigenvalue weighted by atomic mass is 32.2. The molecule has 2 heterocycles. The lowest BCUT2D eigenvalue weighted by molar-refractivity contribution is -0.202. The third kappa shape index (κ3) is 6.50. The third-order valence-corrected chi connectivity index (χ3v) is 9.22. The van der Waals surface area contributed by atoms with Crippen LogP contribution in [0.15, 0.2) is 53.4 Å². The van der Waals surface area contributed by atoms with Crippen LogP contribution < -0.4 is 10.2 Å².